The monoisotopic (exact) mass is 1080 g/mol. The van der Waals surface area contributed by atoms with Gasteiger partial charge in [0.15, 0.2) is 46.1 Å². The second-order valence-corrected chi connectivity index (χ2v) is 20.0. The van der Waals surface area contributed by atoms with E-state index < -0.39 is 95.0 Å². The van der Waals surface area contributed by atoms with Gasteiger partial charge in [0.25, 0.3) is 0 Å². The molecule has 22 nitrogen and oxygen atoms in total. The molecule has 6 N–H and O–H groups in total. The van der Waals surface area contributed by atoms with Crippen molar-refractivity contribution in [2.75, 3.05) is 53.9 Å². The number of hydrogen-bond donors (Lipinski definition) is 4. The number of unbranched alkanes of at least 4 members (excludes halogenated alkanes) is 4. The summed E-state index contributed by atoms with van der Waals surface area (Å²) in [5, 5.41) is 20.3. The molecule has 0 fully saturated rings. The molecule has 0 aliphatic carbocycles. The zero-order valence-corrected chi connectivity index (χ0v) is 45.6. The number of Topliss-reactive ketones (excluding diaryl/α,β-unsaturated/α-hetero) is 4. The van der Waals surface area contributed by atoms with E-state index in [1.165, 1.54) is 41.9 Å². The summed E-state index contributed by atoms with van der Waals surface area (Å²) in [6, 6.07) is 13.8. The number of carbonyl (C=O) groups excluding carboxylic acids is 6. The first kappa shape index (κ1) is 65.8. The standard InChI is InChI=1S/C54H80N2O20/c1-51(2,73-27-19-11-13-25-43(57)53(5,6)75-35(33-71-49(55)65)31-69-41-23-17-15-21-39(41)67-9)45(59)29-37(47(61)62)38(48(63)64)30-46(60)52(3,4)74-28-20-12-14-26-44(58)54(7,8)76-36(34-72-50(56)66)32-70-42-24-18-16-22-40(42)68-10/h15-18,21-24,35-38H,11-14,19-20,25-34H2,1-10H3,(H2,55,65)(H2,56,66)(H,61,62)(H,63,64). The third kappa shape index (κ3) is 23.3. The summed E-state index contributed by atoms with van der Waals surface area (Å²) in [5.74, 6) is -6.76. The third-order valence-corrected chi connectivity index (χ3v) is 12.4. The van der Waals surface area contributed by atoms with Crippen molar-refractivity contribution in [1.29, 1.82) is 0 Å². The Kier molecular flexibility index (Phi) is 27.4. The first-order chi connectivity index (χ1) is 35.6. The summed E-state index contributed by atoms with van der Waals surface area (Å²) >= 11 is 0. The molecule has 0 heterocycles. The van der Waals surface area contributed by atoms with Crippen LogP contribution in [0.5, 0.6) is 23.0 Å². The minimum absolute atomic E-state index is 0.0599. The smallest absolute Gasteiger partial charge is 0.404 e. The highest BCUT2D eigenvalue weighted by Gasteiger charge is 2.43. The number of carbonyl (C=O) groups is 8. The Morgan fingerprint density at radius 2 is 0.789 bits per heavy atom. The predicted molar refractivity (Wildman–Crippen MR) is 274 cm³/mol. The number of benzene rings is 2. The van der Waals surface area contributed by atoms with E-state index in [0.717, 1.165) is 0 Å². The molecule has 0 saturated carbocycles. The summed E-state index contributed by atoms with van der Waals surface area (Å²) in [7, 11) is 2.97. The number of ketones is 4. The molecule has 426 valence electrons. The summed E-state index contributed by atoms with van der Waals surface area (Å²) in [6.45, 7) is 11.5. The fourth-order valence-corrected chi connectivity index (χ4v) is 7.63. The van der Waals surface area contributed by atoms with Crippen molar-refractivity contribution < 1.29 is 95.9 Å². The van der Waals surface area contributed by atoms with Gasteiger partial charge in [0.2, 0.25) is 0 Å². The zero-order chi connectivity index (χ0) is 57.3. The van der Waals surface area contributed by atoms with E-state index in [1.807, 2.05) is 0 Å². The van der Waals surface area contributed by atoms with Gasteiger partial charge in [-0.3, -0.25) is 28.8 Å². The van der Waals surface area contributed by atoms with E-state index in [9.17, 15) is 48.6 Å². The van der Waals surface area contributed by atoms with Gasteiger partial charge in [-0.25, -0.2) is 9.59 Å². The molecule has 0 saturated heterocycles. The van der Waals surface area contributed by atoms with E-state index in [-0.39, 0.29) is 64.0 Å². The normalized spacial score (nSPS) is 13.6. The Labute approximate surface area is 445 Å². The Bertz CT molecular complexity index is 2070. The van der Waals surface area contributed by atoms with Crippen LogP contribution in [0.3, 0.4) is 0 Å². The molecular weight excluding hydrogens is 997 g/mol. The van der Waals surface area contributed by atoms with Crippen molar-refractivity contribution in [3.05, 3.63) is 48.5 Å². The minimum atomic E-state index is -1.77. The molecule has 0 spiro atoms. The highest BCUT2D eigenvalue weighted by atomic mass is 16.6. The molecule has 2 aromatic rings. The van der Waals surface area contributed by atoms with Crippen LogP contribution in [0.4, 0.5) is 9.59 Å². The summed E-state index contributed by atoms with van der Waals surface area (Å²) in [5.41, 5.74) is 4.67. The number of nitrogens with two attached hydrogens (primary N) is 2. The molecule has 76 heavy (non-hydrogen) atoms. The highest BCUT2D eigenvalue weighted by Crippen LogP contribution is 2.31. The molecule has 4 atom stereocenters. The van der Waals surface area contributed by atoms with Crippen molar-refractivity contribution in [2.45, 2.75) is 154 Å². The van der Waals surface area contributed by atoms with Gasteiger partial charge in [-0.1, -0.05) is 37.1 Å². The van der Waals surface area contributed by atoms with Crippen molar-refractivity contribution in [2.24, 2.45) is 23.3 Å². The van der Waals surface area contributed by atoms with Crippen molar-refractivity contribution in [1.82, 2.24) is 0 Å². The van der Waals surface area contributed by atoms with Crippen LogP contribution in [0.25, 0.3) is 0 Å². The van der Waals surface area contributed by atoms with E-state index in [0.29, 0.717) is 61.5 Å². The fraction of sp³-hybridized carbons (Fsp3) is 0.630. The topological polar surface area (TPSA) is 321 Å². The molecule has 0 aromatic heterocycles. The Hall–Kier alpha value is -6.36. The molecule has 4 unspecified atom stereocenters. The maximum absolute atomic E-state index is 13.5. The van der Waals surface area contributed by atoms with Crippen LogP contribution in [-0.2, 0) is 57.2 Å². The number of amides is 2. The average Bonchev–Trinajstić information content (AvgIpc) is 3.35. The predicted octanol–water partition coefficient (Wildman–Crippen LogP) is 6.85. The number of para-hydroxylation sites is 4. The molecular formula is C54H80N2O20. The second kappa shape index (κ2) is 31.6. The zero-order valence-electron chi connectivity index (χ0n) is 45.6. The van der Waals surface area contributed by atoms with Crippen molar-refractivity contribution in [3.63, 3.8) is 0 Å². The molecule has 0 aliphatic heterocycles. The molecule has 0 bridgehead atoms. The van der Waals surface area contributed by atoms with Gasteiger partial charge < -0.3 is 69.0 Å². The Morgan fingerprint density at radius 1 is 0.461 bits per heavy atom. The summed E-state index contributed by atoms with van der Waals surface area (Å²) < 4.78 is 56.0. The fourth-order valence-electron chi connectivity index (χ4n) is 7.63. The minimum Gasteiger partial charge on any atom is -0.493 e. The van der Waals surface area contributed by atoms with Gasteiger partial charge in [-0.15, -0.1) is 0 Å². The van der Waals surface area contributed by atoms with Gasteiger partial charge in [-0.05, 0) is 105 Å². The highest BCUT2D eigenvalue weighted by molar-refractivity contribution is 5.94. The van der Waals surface area contributed by atoms with Crippen LogP contribution in [-0.4, -0.2) is 146 Å². The van der Waals surface area contributed by atoms with Crippen molar-refractivity contribution in [3.8, 4) is 23.0 Å². The van der Waals surface area contributed by atoms with E-state index in [2.05, 4.69) is 0 Å². The van der Waals surface area contributed by atoms with Crippen LogP contribution in [0.2, 0.25) is 0 Å². The van der Waals surface area contributed by atoms with E-state index in [1.54, 1.807) is 76.2 Å². The second-order valence-electron chi connectivity index (χ2n) is 20.0. The molecule has 2 rings (SSSR count). The summed E-state index contributed by atoms with van der Waals surface area (Å²) in [6.07, 6.45) is -2.29. The number of carboxylic acid groups (broad SMARTS) is 2. The van der Waals surface area contributed by atoms with Gasteiger partial charge in [0, 0.05) is 38.9 Å². The van der Waals surface area contributed by atoms with Gasteiger partial charge in [0.05, 0.1) is 26.1 Å². The molecule has 22 heteroatoms. The lowest BCUT2D eigenvalue weighted by molar-refractivity contribution is -0.160. The number of carboxylic acids is 2. The Morgan fingerprint density at radius 3 is 1.09 bits per heavy atom. The number of hydrogen-bond acceptors (Lipinski definition) is 18. The SMILES string of the molecule is COc1ccccc1OCC(COC(N)=O)OC(C)(C)C(=O)CCCCCOC(C)(C)C(=O)CC(C(=O)O)C(CC(=O)C(C)(C)OCCCCCC(=O)C(C)(C)OC(COC(N)=O)COc1ccccc1OC)C(=O)O. The molecule has 0 radical (unpaired) electrons. The van der Waals surface area contributed by atoms with Crippen LogP contribution in [0.15, 0.2) is 48.5 Å². The number of rotatable bonds is 41. The largest absolute Gasteiger partial charge is 0.493 e. The van der Waals surface area contributed by atoms with Crippen LogP contribution in [0.1, 0.15) is 120 Å². The van der Waals surface area contributed by atoms with Crippen LogP contribution < -0.4 is 30.4 Å². The van der Waals surface area contributed by atoms with Gasteiger partial charge in [-0.2, -0.15) is 0 Å². The van der Waals surface area contributed by atoms with E-state index in [4.69, 9.17) is 58.8 Å². The average molecular weight is 1080 g/mol. The molecule has 2 aromatic carbocycles. The lowest BCUT2D eigenvalue weighted by Gasteiger charge is -2.30. The maximum Gasteiger partial charge on any atom is 0.404 e. The van der Waals surface area contributed by atoms with Gasteiger partial charge in [0.1, 0.15) is 61.0 Å². The lowest BCUT2D eigenvalue weighted by atomic mass is 9.80. The summed E-state index contributed by atoms with van der Waals surface area (Å²) in [4.78, 5) is 101. The maximum atomic E-state index is 13.5. The number of primary amides is 2. The van der Waals surface area contributed by atoms with Crippen LogP contribution >= 0.6 is 0 Å². The number of methoxy groups -OCH3 is 2. The first-order valence-corrected chi connectivity index (χ1v) is 25.1. The molecule has 0 aliphatic rings. The lowest BCUT2D eigenvalue weighted by Crippen LogP contribution is -2.43. The van der Waals surface area contributed by atoms with Gasteiger partial charge >= 0.3 is 24.1 Å². The molecule has 2 amide bonds. The van der Waals surface area contributed by atoms with Crippen molar-refractivity contribution >= 4 is 47.3 Å². The number of ether oxygens (including phenoxy) is 10. The third-order valence-electron chi connectivity index (χ3n) is 12.4. The first-order valence-electron chi connectivity index (χ1n) is 25.1. The quantitative estimate of drug-likeness (QED) is 0.0495. The van der Waals surface area contributed by atoms with Crippen LogP contribution in [0, 0.1) is 11.8 Å². The Balaban J connectivity index is 1.86. The van der Waals surface area contributed by atoms with E-state index >= 15 is 0 Å². The number of aliphatic carboxylic acids is 2.